The first-order chi connectivity index (χ1) is 10.9. The third-order valence-electron chi connectivity index (χ3n) is 3.57. The first kappa shape index (κ1) is 15.1. The van der Waals surface area contributed by atoms with Crippen LogP contribution in [0.15, 0.2) is 30.3 Å². The molecule has 0 bridgehead atoms. The molecule has 2 aromatic heterocycles. The minimum absolute atomic E-state index is 0.0987. The maximum atomic E-state index is 13.3. The van der Waals surface area contributed by atoms with Crippen LogP contribution in [0.5, 0.6) is 0 Å². The molecular formula is C16H13F2N3O2. The number of pyridine rings is 1. The van der Waals surface area contributed by atoms with Crippen molar-refractivity contribution in [3.8, 4) is 5.69 Å². The van der Waals surface area contributed by atoms with Crippen LogP contribution in [0.25, 0.3) is 16.7 Å². The van der Waals surface area contributed by atoms with Crippen LogP contribution in [0.2, 0.25) is 0 Å². The minimum atomic E-state index is -2.62. The van der Waals surface area contributed by atoms with E-state index in [4.69, 9.17) is 5.11 Å². The van der Waals surface area contributed by atoms with E-state index in [2.05, 4.69) is 10.1 Å². The molecule has 7 heteroatoms. The Morgan fingerprint density at radius 2 is 1.87 bits per heavy atom. The fourth-order valence-electron chi connectivity index (χ4n) is 2.55. The quantitative estimate of drug-likeness (QED) is 0.800. The van der Waals surface area contributed by atoms with Gasteiger partial charge in [-0.15, -0.1) is 0 Å². The molecule has 118 valence electrons. The van der Waals surface area contributed by atoms with Crippen LogP contribution in [-0.4, -0.2) is 25.8 Å². The van der Waals surface area contributed by atoms with Gasteiger partial charge in [-0.25, -0.2) is 23.2 Å². The van der Waals surface area contributed by atoms with Crippen molar-refractivity contribution < 1.29 is 18.7 Å². The summed E-state index contributed by atoms with van der Waals surface area (Å²) >= 11 is 0. The van der Waals surface area contributed by atoms with Crippen LogP contribution >= 0.6 is 0 Å². The molecule has 0 aliphatic heterocycles. The molecule has 0 atom stereocenters. The van der Waals surface area contributed by atoms with E-state index in [0.717, 1.165) is 0 Å². The molecule has 0 aliphatic rings. The standard InChI is InChI=1S/C16H13F2N3O2/c1-8-7-12(14(17)18)13-9(2)20-21(15(13)19-8)11-5-3-10(4-6-11)16(22)23/h3-7,14H,1-2H3,(H,22,23). The van der Waals surface area contributed by atoms with Crippen LogP contribution in [0.4, 0.5) is 8.78 Å². The van der Waals surface area contributed by atoms with Gasteiger partial charge in [0, 0.05) is 11.3 Å². The van der Waals surface area contributed by atoms with Gasteiger partial charge in [0.15, 0.2) is 5.65 Å². The molecule has 0 unspecified atom stereocenters. The van der Waals surface area contributed by atoms with Crippen LogP contribution in [0.3, 0.4) is 0 Å². The topological polar surface area (TPSA) is 68.0 Å². The number of carboxylic acids is 1. The highest BCUT2D eigenvalue weighted by molar-refractivity contribution is 5.88. The minimum Gasteiger partial charge on any atom is -0.478 e. The SMILES string of the molecule is Cc1cc(C(F)F)c2c(C)nn(-c3ccc(C(=O)O)cc3)c2n1. The van der Waals surface area contributed by atoms with E-state index in [1.807, 2.05) is 0 Å². The summed E-state index contributed by atoms with van der Waals surface area (Å²) in [5.41, 5.74) is 1.85. The molecule has 0 spiro atoms. The van der Waals surface area contributed by atoms with E-state index < -0.39 is 12.4 Å². The number of nitrogens with zero attached hydrogens (tertiary/aromatic N) is 3. The Morgan fingerprint density at radius 3 is 2.43 bits per heavy atom. The fourth-order valence-corrected chi connectivity index (χ4v) is 2.55. The normalized spacial score (nSPS) is 11.3. The maximum absolute atomic E-state index is 13.3. The van der Waals surface area contributed by atoms with Gasteiger partial charge in [-0.3, -0.25) is 0 Å². The number of halogens is 2. The second kappa shape index (κ2) is 5.42. The van der Waals surface area contributed by atoms with Gasteiger partial charge >= 0.3 is 5.97 Å². The first-order valence-electron chi connectivity index (χ1n) is 6.87. The molecule has 0 aliphatic carbocycles. The summed E-state index contributed by atoms with van der Waals surface area (Å²) in [4.78, 5) is 15.2. The molecule has 5 nitrogen and oxygen atoms in total. The Labute approximate surface area is 130 Å². The van der Waals surface area contributed by atoms with Crippen molar-refractivity contribution in [2.75, 3.05) is 0 Å². The predicted molar refractivity (Wildman–Crippen MR) is 80.3 cm³/mol. The van der Waals surface area contributed by atoms with E-state index in [9.17, 15) is 13.6 Å². The Hall–Kier alpha value is -2.83. The lowest BCUT2D eigenvalue weighted by molar-refractivity contribution is 0.0697. The van der Waals surface area contributed by atoms with E-state index in [1.54, 1.807) is 26.0 Å². The summed E-state index contributed by atoms with van der Waals surface area (Å²) in [5, 5.41) is 13.6. The zero-order valence-electron chi connectivity index (χ0n) is 12.4. The van der Waals surface area contributed by atoms with Gasteiger partial charge in [-0.1, -0.05) is 0 Å². The van der Waals surface area contributed by atoms with Gasteiger partial charge in [0.2, 0.25) is 0 Å². The monoisotopic (exact) mass is 317 g/mol. The number of aromatic nitrogens is 3. The second-order valence-corrected chi connectivity index (χ2v) is 5.20. The summed E-state index contributed by atoms with van der Waals surface area (Å²) in [6, 6.07) is 7.37. The van der Waals surface area contributed by atoms with Crippen molar-refractivity contribution in [3.63, 3.8) is 0 Å². The second-order valence-electron chi connectivity index (χ2n) is 5.20. The van der Waals surface area contributed by atoms with Gasteiger partial charge in [0.1, 0.15) is 0 Å². The summed E-state index contributed by atoms with van der Waals surface area (Å²) in [6.07, 6.45) is -2.62. The van der Waals surface area contributed by atoms with Crippen molar-refractivity contribution >= 4 is 17.0 Å². The molecule has 3 aromatic rings. The number of fused-ring (bicyclic) bond motifs is 1. The smallest absolute Gasteiger partial charge is 0.335 e. The molecule has 0 radical (unpaired) electrons. The molecule has 1 aromatic carbocycles. The first-order valence-corrected chi connectivity index (χ1v) is 6.87. The molecule has 0 amide bonds. The summed E-state index contributed by atoms with van der Waals surface area (Å²) < 4.78 is 28.0. The van der Waals surface area contributed by atoms with Crippen molar-refractivity contribution in [2.24, 2.45) is 0 Å². The molecular weight excluding hydrogens is 304 g/mol. The lowest BCUT2D eigenvalue weighted by Gasteiger charge is -2.06. The van der Waals surface area contributed by atoms with Gasteiger partial charge in [0.25, 0.3) is 6.43 Å². The fraction of sp³-hybridized carbons (Fsp3) is 0.188. The average Bonchev–Trinajstić information content (AvgIpc) is 2.83. The number of hydrogen-bond donors (Lipinski definition) is 1. The molecule has 3 rings (SSSR count). The highest BCUT2D eigenvalue weighted by atomic mass is 19.3. The van der Waals surface area contributed by atoms with Gasteiger partial charge in [-0.05, 0) is 44.2 Å². The van der Waals surface area contributed by atoms with Crippen molar-refractivity contribution in [3.05, 3.63) is 52.8 Å². The number of aryl methyl sites for hydroxylation is 2. The summed E-state index contributed by atoms with van der Waals surface area (Å²) in [7, 11) is 0. The van der Waals surface area contributed by atoms with E-state index in [1.165, 1.54) is 22.9 Å². The Morgan fingerprint density at radius 1 is 1.22 bits per heavy atom. The van der Waals surface area contributed by atoms with Gasteiger partial charge in [0.05, 0.1) is 22.3 Å². The number of carbonyl (C=O) groups is 1. The Balaban J connectivity index is 2.24. The molecule has 1 N–H and O–H groups in total. The molecule has 0 saturated heterocycles. The number of rotatable bonds is 3. The van der Waals surface area contributed by atoms with Crippen LogP contribution in [0.1, 0.15) is 33.7 Å². The summed E-state index contributed by atoms with van der Waals surface area (Å²) in [6.45, 7) is 3.29. The lowest BCUT2D eigenvalue weighted by Crippen LogP contribution is -2.01. The van der Waals surface area contributed by atoms with Crippen molar-refractivity contribution in [1.29, 1.82) is 0 Å². The Bertz CT molecular complexity index is 902. The third kappa shape index (κ3) is 2.54. The van der Waals surface area contributed by atoms with Crippen molar-refractivity contribution in [1.82, 2.24) is 14.8 Å². The van der Waals surface area contributed by atoms with Crippen LogP contribution in [0, 0.1) is 13.8 Å². The largest absolute Gasteiger partial charge is 0.478 e. The molecule has 23 heavy (non-hydrogen) atoms. The van der Waals surface area contributed by atoms with Gasteiger partial charge < -0.3 is 5.11 Å². The highest BCUT2D eigenvalue weighted by Gasteiger charge is 2.20. The van der Waals surface area contributed by atoms with E-state index in [0.29, 0.717) is 28.1 Å². The third-order valence-corrected chi connectivity index (χ3v) is 3.57. The molecule has 0 fully saturated rings. The average molecular weight is 317 g/mol. The van der Waals surface area contributed by atoms with Crippen LogP contribution in [-0.2, 0) is 0 Å². The summed E-state index contributed by atoms with van der Waals surface area (Å²) in [5.74, 6) is -1.04. The molecule has 0 saturated carbocycles. The maximum Gasteiger partial charge on any atom is 0.335 e. The number of aromatic carboxylic acids is 1. The van der Waals surface area contributed by atoms with E-state index in [-0.39, 0.29) is 11.1 Å². The van der Waals surface area contributed by atoms with Crippen LogP contribution < -0.4 is 0 Å². The number of benzene rings is 1. The molecule has 2 heterocycles. The van der Waals surface area contributed by atoms with E-state index >= 15 is 0 Å². The zero-order chi connectivity index (χ0) is 16.7. The predicted octanol–water partition coefficient (Wildman–Crippen LogP) is 3.67. The Kier molecular flexibility index (Phi) is 3.55. The van der Waals surface area contributed by atoms with Crippen molar-refractivity contribution in [2.45, 2.75) is 20.3 Å². The number of alkyl halides is 2. The number of carboxylic acid groups (broad SMARTS) is 1. The zero-order valence-corrected chi connectivity index (χ0v) is 12.4. The van der Waals surface area contributed by atoms with Gasteiger partial charge in [-0.2, -0.15) is 5.10 Å². The number of hydrogen-bond acceptors (Lipinski definition) is 3. The highest BCUT2D eigenvalue weighted by Crippen LogP contribution is 2.31. The lowest BCUT2D eigenvalue weighted by atomic mass is 10.1.